The van der Waals surface area contributed by atoms with E-state index in [1.807, 2.05) is 0 Å². The number of anilines is 1. The van der Waals surface area contributed by atoms with Gasteiger partial charge < -0.3 is 30.8 Å². The summed E-state index contributed by atoms with van der Waals surface area (Å²) in [6.45, 7) is -1.57. The number of nitriles is 1. The van der Waals surface area contributed by atoms with Gasteiger partial charge in [0.2, 0.25) is 0 Å². The largest absolute Gasteiger partial charge is 0.481 e. The predicted molar refractivity (Wildman–Crippen MR) is 78.4 cm³/mol. The molecule has 0 fully saturated rings. The van der Waals surface area contributed by atoms with Gasteiger partial charge in [0.05, 0.1) is 12.0 Å². The van der Waals surface area contributed by atoms with Gasteiger partial charge in [-0.1, -0.05) is 0 Å². The molecule has 0 amide bonds. The smallest absolute Gasteiger partial charge is 0.346 e. The summed E-state index contributed by atoms with van der Waals surface area (Å²) in [5, 5.41) is 44.6. The molecule has 0 aromatic carbocycles. The second-order valence-corrected chi connectivity index (χ2v) is 5.22. The van der Waals surface area contributed by atoms with Crippen molar-refractivity contribution in [3.05, 3.63) is 16.0 Å². The number of nitrogens with zero attached hydrogens (tertiary/aromatic N) is 2. The number of thiophene rings is 1. The Morgan fingerprint density at radius 2 is 1.50 bits per heavy atom. The Kier molecular flexibility index (Phi) is 7.34. The number of hydrogen-bond donors (Lipinski definition) is 4. The molecule has 0 bridgehead atoms. The van der Waals surface area contributed by atoms with Crippen LogP contribution in [-0.2, 0) is 20.8 Å². The highest BCUT2D eigenvalue weighted by Crippen LogP contribution is 2.36. The minimum Gasteiger partial charge on any atom is -0.481 e. The topological polar surface area (TPSA) is 208 Å². The van der Waals surface area contributed by atoms with E-state index in [1.165, 1.54) is 0 Å². The summed E-state index contributed by atoms with van der Waals surface area (Å²) in [6, 6.07) is 1.63. The van der Waals surface area contributed by atoms with Crippen LogP contribution >= 0.6 is 11.3 Å². The normalized spacial score (nSPS) is 9.46. The highest BCUT2D eigenvalue weighted by Gasteiger charge is 2.28. The van der Waals surface area contributed by atoms with Crippen LogP contribution < -0.4 is 4.90 Å². The Labute approximate surface area is 137 Å². The van der Waals surface area contributed by atoms with Crippen molar-refractivity contribution in [2.24, 2.45) is 0 Å². The number of carbonyl (C=O) groups is 4. The summed E-state index contributed by atoms with van der Waals surface area (Å²) >= 11 is 0.467. The summed E-state index contributed by atoms with van der Waals surface area (Å²) < 4.78 is 0. The van der Waals surface area contributed by atoms with Gasteiger partial charge in [-0.3, -0.25) is 14.4 Å². The molecule has 6 N–H and O–H groups in total. The van der Waals surface area contributed by atoms with Crippen molar-refractivity contribution in [3.8, 4) is 6.07 Å². The van der Waals surface area contributed by atoms with E-state index >= 15 is 0 Å². The lowest BCUT2D eigenvalue weighted by Gasteiger charge is -2.19. The van der Waals surface area contributed by atoms with Crippen molar-refractivity contribution in [1.29, 1.82) is 5.26 Å². The van der Waals surface area contributed by atoms with Crippen molar-refractivity contribution in [2.45, 2.75) is 6.42 Å². The number of hydrogen-bond acceptors (Lipinski definition) is 7. The Morgan fingerprint density at radius 1 is 1.00 bits per heavy atom. The molecule has 0 aliphatic rings. The molecule has 0 saturated heterocycles. The SMILES string of the molecule is N#Cc1c(N(CC(=O)O)CC(=O)O)sc(C(=O)O)c1CC(=O)O.O. The van der Waals surface area contributed by atoms with Crippen molar-refractivity contribution in [2.75, 3.05) is 18.0 Å². The fraction of sp³-hybridized carbons (Fsp3) is 0.250. The standard InChI is InChI=1S/C12H10N2O8S.H2O/c13-2-6-5(1-7(15)16)10(12(21)22)23-11(6)14(3-8(17)18)4-9(19)20;/h1,3-4H2,(H,15,16)(H,17,18)(H,19,20)(H,21,22);1H2. The molecule has 0 atom stereocenters. The van der Waals surface area contributed by atoms with E-state index < -0.39 is 48.3 Å². The summed E-state index contributed by atoms with van der Waals surface area (Å²) in [5.74, 6) is -5.64. The maximum Gasteiger partial charge on any atom is 0.346 e. The van der Waals surface area contributed by atoms with Crippen molar-refractivity contribution >= 4 is 40.2 Å². The fourth-order valence-electron chi connectivity index (χ4n) is 1.81. The van der Waals surface area contributed by atoms with Gasteiger partial charge in [0.15, 0.2) is 0 Å². The van der Waals surface area contributed by atoms with Crippen LogP contribution in [0.1, 0.15) is 20.8 Å². The highest BCUT2D eigenvalue weighted by molar-refractivity contribution is 7.18. The third kappa shape index (κ3) is 4.93. The molecule has 1 aromatic heterocycles. The van der Waals surface area contributed by atoms with Crippen LogP contribution in [0.2, 0.25) is 0 Å². The zero-order valence-electron chi connectivity index (χ0n) is 11.8. The average Bonchev–Trinajstić information content (AvgIpc) is 2.74. The van der Waals surface area contributed by atoms with Crippen molar-refractivity contribution in [1.82, 2.24) is 0 Å². The van der Waals surface area contributed by atoms with Gasteiger partial charge >= 0.3 is 23.9 Å². The number of carboxylic acid groups (broad SMARTS) is 4. The third-order valence-corrected chi connectivity index (χ3v) is 3.84. The van der Waals surface area contributed by atoms with Crippen LogP contribution in [0.25, 0.3) is 0 Å². The molecule has 0 radical (unpaired) electrons. The molecule has 1 aromatic rings. The quantitative estimate of drug-likeness (QED) is 0.448. The average molecular weight is 360 g/mol. The zero-order valence-corrected chi connectivity index (χ0v) is 12.7. The van der Waals surface area contributed by atoms with Gasteiger partial charge in [0.1, 0.15) is 29.0 Å². The van der Waals surface area contributed by atoms with Gasteiger partial charge in [-0.25, -0.2) is 4.79 Å². The van der Waals surface area contributed by atoms with Crippen LogP contribution in [-0.4, -0.2) is 62.9 Å². The molecule has 0 aliphatic carbocycles. The van der Waals surface area contributed by atoms with Crippen LogP contribution in [0.5, 0.6) is 0 Å². The van der Waals surface area contributed by atoms with Gasteiger partial charge in [0, 0.05) is 5.56 Å². The molecule has 11 nitrogen and oxygen atoms in total. The molecule has 12 heteroatoms. The second-order valence-electron chi connectivity index (χ2n) is 4.22. The molecule has 1 rings (SSSR count). The third-order valence-electron chi connectivity index (χ3n) is 2.56. The Bertz CT molecular complexity index is 703. The minimum atomic E-state index is -1.49. The monoisotopic (exact) mass is 360 g/mol. The van der Waals surface area contributed by atoms with Crippen LogP contribution in [0.15, 0.2) is 0 Å². The number of aliphatic carboxylic acids is 3. The van der Waals surface area contributed by atoms with E-state index in [9.17, 15) is 24.4 Å². The lowest BCUT2D eigenvalue weighted by atomic mass is 10.1. The van der Waals surface area contributed by atoms with Gasteiger partial charge in [-0.15, -0.1) is 11.3 Å². The van der Waals surface area contributed by atoms with Gasteiger partial charge in [0.25, 0.3) is 0 Å². The Hall–Kier alpha value is -3.17. The number of aromatic carboxylic acids is 1. The summed E-state index contributed by atoms with van der Waals surface area (Å²) in [5.41, 5.74) is -0.634. The van der Waals surface area contributed by atoms with E-state index in [0.717, 1.165) is 4.90 Å². The molecular formula is C12H12N2O9S. The molecule has 130 valence electrons. The first-order valence-electron chi connectivity index (χ1n) is 5.86. The van der Waals surface area contributed by atoms with Gasteiger partial charge in [-0.05, 0) is 0 Å². The first-order valence-corrected chi connectivity index (χ1v) is 6.68. The van der Waals surface area contributed by atoms with Crippen molar-refractivity contribution < 1.29 is 45.1 Å². The minimum absolute atomic E-state index is 0. The second kappa shape index (κ2) is 8.46. The maximum atomic E-state index is 11.2. The molecule has 1 heterocycles. The number of carboxylic acids is 4. The highest BCUT2D eigenvalue weighted by atomic mass is 32.1. The first kappa shape index (κ1) is 20.8. The first-order chi connectivity index (χ1) is 10.7. The zero-order chi connectivity index (χ0) is 17.7. The van der Waals surface area contributed by atoms with Crippen molar-refractivity contribution in [3.63, 3.8) is 0 Å². The molecule has 0 aliphatic heterocycles. The summed E-state index contributed by atoms with van der Waals surface area (Å²) in [7, 11) is 0. The van der Waals surface area contributed by atoms with E-state index in [0.29, 0.717) is 11.3 Å². The van der Waals surface area contributed by atoms with E-state index in [-0.39, 0.29) is 21.6 Å². The number of rotatable bonds is 8. The fourth-order valence-corrected chi connectivity index (χ4v) is 2.92. The lowest BCUT2D eigenvalue weighted by molar-refractivity contribution is -0.137. The van der Waals surface area contributed by atoms with E-state index in [1.54, 1.807) is 6.07 Å². The molecule has 0 saturated carbocycles. The Morgan fingerprint density at radius 3 is 1.83 bits per heavy atom. The summed E-state index contributed by atoms with van der Waals surface area (Å²) in [6.07, 6.45) is -0.755. The van der Waals surface area contributed by atoms with E-state index in [2.05, 4.69) is 0 Å². The predicted octanol–water partition coefficient (Wildman–Crippen LogP) is -0.904. The Balaban J connectivity index is 0.00000529. The lowest BCUT2D eigenvalue weighted by Crippen LogP contribution is -2.34. The maximum absolute atomic E-state index is 11.2. The van der Waals surface area contributed by atoms with Crippen LogP contribution in [0, 0.1) is 11.3 Å². The van der Waals surface area contributed by atoms with Crippen LogP contribution in [0.3, 0.4) is 0 Å². The molecular weight excluding hydrogens is 348 g/mol. The van der Waals surface area contributed by atoms with E-state index in [4.69, 9.17) is 20.4 Å². The molecule has 0 unspecified atom stereocenters. The summed E-state index contributed by atoms with van der Waals surface area (Å²) in [4.78, 5) is 44.1. The molecule has 0 spiro atoms. The molecule has 24 heavy (non-hydrogen) atoms. The van der Waals surface area contributed by atoms with Crippen LogP contribution in [0.4, 0.5) is 5.00 Å². The van der Waals surface area contributed by atoms with Gasteiger partial charge in [-0.2, -0.15) is 5.26 Å².